The number of hydrogen-bond acceptors (Lipinski definition) is 4. The van der Waals surface area contributed by atoms with E-state index in [0.29, 0.717) is 11.4 Å². The highest BCUT2D eigenvalue weighted by molar-refractivity contribution is 7.92. The highest BCUT2D eigenvalue weighted by atomic mass is 32.2. The van der Waals surface area contributed by atoms with Gasteiger partial charge in [-0.15, -0.1) is 0 Å². The van der Waals surface area contributed by atoms with E-state index in [1.54, 1.807) is 24.3 Å². The van der Waals surface area contributed by atoms with Crippen molar-refractivity contribution in [3.63, 3.8) is 0 Å². The lowest BCUT2D eigenvalue weighted by molar-refractivity contribution is -0.121. The van der Waals surface area contributed by atoms with Crippen molar-refractivity contribution in [1.29, 1.82) is 0 Å². The number of nitrogens with zero attached hydrogens (tertiary/aromatic N) is 1. The summed E-state index contributed by atoms with van der Waals surface area (Å²) in [6, 6.07) is 6.84. The fourth-order valence-corrected chi connectivity index (χ4v) is 2.83. The Bertz CT molecular complexity index is 584. The summed E-state index contributed by atoms with van der Waals surface area (Å²) < 4.78 is 30.3. The second kappa shape index (κ2) is 7.31. The fraction of sp³-hybridized carbons (Fsp3) is 0.500. The number of sulfonamides is 1. The SMILES string of the molecule is COc1ccccc1N(CCC(=O)NC(C)C)S(C)(=O)=O. The Labute approximate surface area is 126 Å². The third-order valence-electron chi connectivity index (χ3n) is 2.75. The molecule has 0 heterocycles. The summed E-state index contributed by atoms with van der Waals surface area (Å²) in [5.41, 5.74) is 0.430. The number of anilines is 1. The van der Waals surface area contributed by atoms with Gasteiger partial charge < -0.3 is 10.1 Å². The number of rotatable bonds is 7. The highest BCUT2D eigenvalue weighted by Gasteiger charge is 2.21. The Hall–Kier alpha value is -1.76. The molecule has 0 aliphatic carbocycles. The molecule has 1 rings (SSSR count). The van der Waals surface area contributed by atoms with Gasteiger partial charge >= 0.3 is 0 Å². The maximum atomic E-state index is 12.0. The van der Waals surface area contributed by atoms with Gasteiger partial charge in [0.2, 0.25) is 15.9 Å². The van der Waals surface area contributed by atoms with E-state index >= 15 is 0 Å². The second-order valence-corrected chi connectivity index (χ2v) is 6.89. The van der Waals surface area contributed by atoms with Crippen molar-refractivity contribution >= 4 is 21.6 Å². The maximum absolute atomic E-state index is 12.0. The molecular weight excluding hydrogens is 292 g/mol. The zero-order valence-electron chi connectivity index (χ0n) is 12.8. The summed E-state index contributed by atoms with van der Waals surface area (Å²) in [6.45, 7) is 3.77. The van der Waals surface area contributed by atoms with Crippen LogP contribution >= 0.6 is 0 Å². The lowest BCUT2D eigenvalue weighted by Gasteiger charge is -2.24. The van der Waals surface area contributed by atoms with Crippen molar-refractivity contribution in [1.82, 2.24) is 5.32 Å². The van der Waals surface area contributed by atoms with Gasteiger partial charge in [0.15, 0.2) is 0 Å². The normalized spacial score (nSPS) is 11.3. The molecule has 1 amide bonds. The van der Waals surface area contributed by atoms with Crippen molar-refractivity contribution in [2.24, 2.45) is 0 Å². The minimum Gasteiger partial charge on any atom is -0.495 e. The van der Waals surface area contributed by atoms with Gasteiger partial charge in [0, 0.05) is 19.0 Å². The number of ether oxygens (including phenoxy) is 1. The van der Waals surface area contributed by atoms with E-state index in [4.69, 9.17) is 4.74 Å². The van der Waals surface area contributed by atoms with Gasteiger partial charge in [-0.1, -0.05) is 12.1 Å². The molecule has 0 saturated carbocycles. The van der Waals surface area contributed by atoms with Gasteiger partial charge in [-0.2, -0.15) is 0 Å². The molecule has 0 fully saturated rings. The number of hydrogen-bond donors (Lipinski definition) is 1. The largest absolute Gasteiger partial charge is 0.495 e. The van der Waals surface area contributed by atoms with Crippen LogP contribution in [0.25, 0.3) is 0 Å². The maximum Gasteiger partial charge on any atom is 0.232 e. The van der Waals surface area contributed by atoms with Crippen LogP contribution < -0.4 is 14.4 Å². The lowest BCUT2D eigenvalue weighted by atomic mass is 10.2. The average Bonchev–Trinajstić information content (AvgIpc) is 2.37. The molecule has 0 aliphatic heterocycles. The molecular formula is C14H22N2O4S. The van der Waals surface area contributed by atoms with E-state index in [0.717, 1.165) is 6.26 Å². The molecule has 1 N–H and O–H groups in total. The predicted molar refractivity (Wildman–Crippen MR) is 83.1 cm³/mol. The van der Waals surface area contributed by atoms with E-state index in [2.05, 4.69) is 5.32 Å². The summed E-state index contributed by atoms with van der Waals surface area (Å²) in [7, 11) is -2.02. The predicted octanol–water partition coefficient (Wildman–Crippen LogP) is 1.38. The first kappa shape index (κ1) is 17.3. The molecule has 0 atom stereocenters. The molecule has 0 spiro atoms. The van der Waals surface area contributed by atoms with Gasteiger partial charge in [0.1, 0.15) is 5.75 Å². The molecule has 0 bridgehead atoms. The summed E-state index contributed by atoms with van der Waals surface area (Å²) >= 11 is 0. The van der Waals surface area contributed by atoms with Gasteiger partial charge in [0.05, 0.1) is 19.1 Å². The third kappa shape index (κ3) is 5.26. The van der Waals surface area contributed by atoms with Crippen molar-refractivity contribution in [2.75, 3.05) is 24.2 Å². The number of methoxy groups -OCH3 is 1. The van der Waals surface area contributed by atoms with Gasteiger partial charge in [-0.05, 0) is 26.0 Å². The Morgan fingerprint density at radius 3 is 2.48 bits per heavy atom. The van der Waals surface area contributed by atoms with E-state index < -0.39 is 10.0 Å². The molecule has 0 aliphatic rings. The smallest absolute Gasteiger partial charge is 0.232 e. The van der Waals surface area contributed by atoms with Crippen LogP contribution in [0.3, 0.4) is 0 Å². The minimum absolute atomic E-state index is 0.0236. The standard InChI is InChI=1S/C14H22N2O4S/c1-11(2)15-14(17)9-10-16(21(4,18)19)12-7-5-6-8-13(12)20-3/h5-8,11H,9-10H2,1-4H3,(H,15,17). The van der Waals surface area contributed by atoms with Crippen LogP contribution in [0.15, 0.2) is 24.3 Å². The zero-order valence-corrected chi connectivity index (χ0v) is 13.6. The molecule has 0 saturated heterocycles. The van der Waals surface area contributed by atoms with Gasteiger partial charge in [-0.25, -0.2) is 8.42 Å². The monoisotopic (exact) mass is 314 g/mol. The van der Waals surface area contributed by atoms with Crippen molar-refractivity contribution in [2.45, 2.75) is 26.3 Å². The first-order valence-corrected chi connectivity index (χ1v) is 8.50. The van der Waals surface area contributed by atoms with E-state index in [1.807, 2.05) is 13.8 Å². The third-order valence-corrected chi connectivity index (χ3v) is 3.93. The van der Waals surface area contributed by atoms with Crippen LogP contribution in [0.2, 0.25) is 0 Å². The van der Waals surface area contributed by atoms with Crippen LogP contribution in [0.1, 0.15) is 20.3 Å². The van der Waals surface area contributed by atoms with Crippen molar-refractivity contribution in [3.05, 3.63) is 24.3 Å². The summed E-state index contributed by atoms with van der Waals surface area (Å²) in [6.07, 6.45) is 1.20. The van der Waals surface area contributed by atoms with E-state index in [-0.39, 0.29) is 24.9 Å². The number of carbonyl (C=O) groups excluding carboxylic acids is 1. The van der Waals surface area contributed by atoms with Crippen LogP contribution in [-0.2, 0) is 14.8 Å². The Morgan fingerprint density at radius 1 is 1.33 bits per heavy atom. The van der Waals surface area contributed by atoms with Crippen LogP contribution in [0.5, 0.6) is 5.75 Å². The van der Waals surface area contributed by atoms with Gasteiger partial charge in [0.25, 0.3) is 0 Å². The summed E-state index contributed by atoms with van der Waals surface area (Å²) in [5.74, 6) is 0.265. The topological polar surface area (TPSA) is 75.7 Å². The summed E-state index contributed by atoms with van der Waals surface area (Å²) in [4.78, 5) is 11.7. The fourth-order valence-electron chi connectivity index (χ4n) is 1.90. The quantitative estimate of drug-likeness (QED) is 0.825. The van der Waals surface area contributed by atoms with E-state index in [1.165, 1.54) is 11.4 Å². The minimum atomic E-state index is -3.50. The number of carbonyl (C=O) groups is 1. The Kier molecular flexibility index (Phi) is 6.02. The Balaban J connectivity index is 2.95. The zero-order chi connectivity index (χ0) is 16.0. The first-order valence-electron chi connectivity index (χ1n) is 6.65. The summed E-state index contributed by atoms with van der Waals surface area (Å²) in [5, 5.41) is 2.74. The number of para-hydroxylation sites is 2. The second-order valence-electron chi connectivity index (χ2n) is 4.98. The van der Waals surface area contributed by atoms with Crippen molar-refractivity contribution in [3.8, 4) is 5.75 Å². The average molecular weight is 314 g/mol. The molecule has 6 nitrogen and oxygen atoms in total. The number of nitrogens with one attached hydrogen (secondary N) is 1. The van der Waals surface area contributed by atoms with Crippen LogP contribution in [-0.4, -0.2) is 40.3 Å². The molecule has 21 heavy (non-hydrogen) atoms. The molecule has 0 unspecified atom stereocenters. The highest BCUT2D eigenvalue weighted by Crippen LogP contribution is 2.29. The lowest BCUT2D eigenvalue weighted by Crippen LogP contribution is -2.36. The molecule has 1 aromatic carbocycles. The molecule has 0 aromatic heterocycles. The number of amides is 1. The first-order chi connectivity index (χ1) is 9.75. The molecule has 1 aromatic rings. The number of benzene rings is 1. The molecule has 118 valence electrons. The van der Waals surface area contributed by atoms with E-state index in [9.17, 15) is 13.2 Å². The van der Waals surface area contributed by atoms with Crippen LogP contribution in [0, 0.1) is 0 Å². The molecule has 0 radical (unpaired) electrons. The van der Waals surface area contributed by atoms with Crippen LogP contribution in [0.4, 0.5) is 5.69 Å². The Morgan fingerprint density at radius 2 is 1.95 bits per heavy atom. The van der Waals surface area contributed by atoms with Crippen molar-refractivity contribution < 1.29 is 17.9 Å². The van der Waals surface area contributed by atoms with Gasteiger partial charge in [-0.3, -0.25) is 9.10 Å². The molecule has 7 heteroatoms.